The van der Waals surface area contributed by atoms with Gasteiger partial charge in [-0.2, -0.15) is 0 Å². The summed E-state index contributed by atoms with van der Waals surface area (Å²) in [5.41, 5.74) is -1.000. The van der Waals surface area contributed by atoms with E-state index in [1.54, 1.807) is 13.8 Å². The molecular weight excluding hydrogens is 532 g/mol. The standard InChI is InChI=1S/C28H33F2N3O5.ClH/c1-18(11-14-32-15-12-28(13-16-32,24(34)35)20-7-5-4-6-8-20)31-25(36)33-23(27(2,3)38-26(33)37)19-9-10-21(29)22(30)17-19;/h4-10,17-18,23H,11-16H2,1-3H3,(H,31,36)(H,34,35);1H. The molecule has 4 rings (SSSR count). The molecule has 2 aliphatic heterocycles. The second kappa shape index (κ2) is 11.9. The molecule has 2 heterocycles. The van der Waals surface area contributed by atoms with Crippen LogP contribution in [-0.4, -0.2) is 64.3 Å². The number of halogens is 3. The van der Waals surface area contributed by atoms with Crippen LogP contribution in [0.15, 0.2) is 48.5 Å². The van der Waals surface area contributed by atoms with Crippen LogP contribution in [0.25, 0.3) is 0 Å². The van der Waals surface area contributed by atoms with Gasteiger partial charge in [-0.05, 0) is 76.4 Å². The Kier molecular flexibility index (Phi) is 9.23. The number of nitrogens with one attached hydrogen (secondary N) is 1. The lowest BCUT2D eigenvalue weighted by Crippen LogP contribution is -2.49. The molecule has 8 nitrogen and oxygen atoms in total. The first-order chi connectivity index (χ1) is 17.9. The Morgan fingerprint density at radius 1 is 1.10 bits per heavy atom. The van der Waals surface area contributed by atoms with Crippen molar-refractivity contribution >= 4 is 30.5 Å². The first kappa shape index (κ1) is 30.3. The minimum atomic E-state index is -1.15. The smallest absolute Gasteiger partial charge is 0.419 e. The summed E-state index contributed by atoms with van der Waals surface area (Å²) < 4.78 is 32.8. The maximum Gasteiger partial charge on any atom is 0.419 e. The number of nitrogens with zero attached hydrogens (tertiary/aromatic N) is 2. The largest absolute Gasteiger partial charge is 0.481 e. The maximum atomic E-state index is 13.9. The summed E-state index contributed by atoms with van der Waals surface area (Å²) in [5.74, 6) is -2.92. The molecule has 0 aliphatic carbocycles. The molecule has 2 aromatic rings. The van der Waals surface area contributed by atoms with Gasteiger partial charge in [0.2, 0.25) is 0 Å². The number of piperidine rings is 1. The van der Waals surface area contributed by atoms with Gasteiger partial charge in [0.05, 0.1) is 5.41 Å². The number of amides is 3. The topological polar surface area (TPSA) is 99.2 Å². The number of carboxylic acids is 1. The van der Waals surface area contributed by atoms with Gasteiger partial charge >= 0.3 is 18.1 Å². The Balaban J connectivity index is 0.00000420. The van der Waals surface area contributed by atoms with Gasteiger partial charge in [0.15, 0.2) is 11.6 Å². The lowest BCUT2D eigenvalue weighted by atomic mass is 9.73. The fourth-order valence-electron chi connectivity index (χ4n) is 5.45. The van der Waals surface area contributed by atoms with E-state index in [0.717, 1.165) is 22.6 Å². The highest BCUT2D eigenvalue weighted by Crippen LogP contribution is 2.41. The van der Waals surface area contributed by atoms with Crippen molar-refractivity contribution in [3.63, 3.8) is 0 Å². The number of likely N-dealkylation sites (tertiary alicyclic amines) is 1. The molecule has 2 aromatic carbocycles. The van der Waals surface area contributed by atoms with Crippen molar-refractivity contribution in [1.82, 2.24) is 15.1 Å². The van der Waals surface area contributed by atoms with E-state index in [4.69, 9.17) is 4.74 Å². The van der Waals surface area contributed by atoms with Crippen LogP contribution >= 0.6 is 12.4 Å². The van der Waals surface area contributed by atoms with E-state index < -0.39 is 46.8 Å². The minimum Gasteiger partial charge on any atom is -0.481 e. The fraction of sp³-hybridized carbons (Fsp3) is 0.464. The lowest BCUT2D eigenvalue weighted by molar-refractivity contribution is -0.146. The average molecular weight is 566 g/mol. The van der Waals surface area contributed by atoms with E-state index in [1.807, 2.05) is 37.3 Å². The van der Waals surface area contributed by atoms with Crippen molar-refractivity contribution in [2.75, 3.05) is 19.6 Å². The highest BCUT2D eigenvalue weighted by Gasteiger charge is 2.52. The first-order valence-corrected chi connectivity index (χ1v) is 12.7. The highest BCUT2D eigenvalue weighted by atomic mass is 35.5. The zero-order valence-corrected chi connectivity index (χ0v) is 23.0. The molecule has 2 aliphatic rings. The van der Waals surface area contributed by atoms with E-state index in [1.165, 1.54) is 6.07 Å². The van der Waals surface area contributed by atoms with Crippen LogP contribution in [0.4, 0.5) is 18.4 Å². The average Bonchev–Trinajstić information content (AvgIpc) is 3.13. The van der Waals surface area contributed by atoms with Gasteiger partial charge in [-0.15, -0.1) is 12.4 Å². The van der Waals surface area contributed by atoms with Gasteiger partial charge in [0.25, 0.3) is 0 Å². The number of hydrogen-bond donors (Lipinski definition) is 2. The molecule has 2 saturated heterocycles. The Hall–Kier alpha value is -3.24. The van der Waals surface area contributed by atoms with Crippen LogP contribution in [-0.2, 0) is 14.9 Å². The summed E-state index contributed by atoms with van der Waals surface area (Å²) >= 11 is 0. The van der Waals surface area contributed by atoms with Crippen LogP contribution in [0, 0.1) is 11.6 Å². The first-order valence-electron chi connectivity index (χ1n) is 12.7. The molecule has 0 aromatic heterocycles. The predicted molar refractivity (Wildman–Crippen MR) is 143 cm³/mol. The second-order valence-electron chi connectivity index (χ2n) is 10.7. The van der Waals surface area contributed by atoms with Gasteiger partial charge in [0.1, 0.15) is 11.6 Å². The number of benzene rings is 2. The third kappa shape index (κ3) is 6.17. The molecule has 0 radical (unpaired) electrons. The van der Waals surface area contributed by atoms with Crippen LogP contribution in [0.3, 0.4) is 0 Å². The lowest BCUT2D eigenvalue weighted by Gasteiger charge is -2.39. The third-order valence-corrected chi connectivity index (χ3v) is 7.64. The van der Waals surface area contributed by atoms with Gasteiger partial charge in [-0.25, -0.2) is 23.3 Å². The Bertz CT molecular complexity index is 1200. The molecule has 0 bridgehead atoms. The van der Waals surface area contributed by atoms with E-state index in [-0.39, 0.29) is 24.0 Å². The van der Waals surface area contributed by atoms with Crippen molar-refractivity contribution in [2.45, 2.75) is 63.1 Å². The van der Waals surface area contributed by atoms with Crippen LogP contribution in [0.5, 0.6) is 0 Å². The number of imide groups is 1. The number of urea groups is 1. The monoisotopic (exact) mass is 565 g/mol. The van der Waals surface area contributed by atoms with Gasteiger partial charge in [0, 0.05) is 12.6 Å². The summed E-state index contributed by atoms with van der Waals surface area (Å²) in [5, 5.41) is 12.8. The highest BCUT2D eigenvalue weighted by molar-refractivity contribution is 5.93. The summed E-state index contributed by atoms with van der Waals surface area (Å²) in [6, 6.07) is 10.6. The van der Waals surface area contributed by atoms with Crippen LogP contribution < -0.4 is 5.32 Å². The molecule has 0 spiro atoms. The van der Waals surface area contributed by atoms with Gasteiger partial charge in [-0.1, -0.05) is 36.4 Å². The minimum absolute atomic E-state index is 0. The second-order valence-corrected chi connectivity index (χ2v) is 10.7. The van der Waals surface area contributed by atoms with Crippen molar-refractivity contribution in [3.05, 3.63) is 71.3 Å². The Morgan fingerprint density at radius 3 is 2.33 bits per heavy atom. The zero-order valence-electron chi connectivity index (χ0n) is 22.2. The molecule has 212 valence electrons. The summed E-state index contributed by atoms with van der Waals surface area (Å²) in [6.45, 7) is 6.87. The molecule has 2 N–H and O–H groups in total. The summed E-state index contributed by atoms with van der Waals surface area (Å²) in [7, 11) is 0. The number of hydrogen-bond acceptors (Lipinski definition) is 5. The van der Waals surface area contributed by atoms with E-state index >= 15 is 0 Å². The summed E-state index contributed by atoms with van der Waals surface area (Å²) in [6.07, 6.45) is 0.672. The molecule has 2 unspecified atom stereocenters. The van der Waals surface area contributed by atoms with E-state index in [9.17, 15) is 28.3 Å². The quantitative estimate of drug-likeness (QED) is 0.475. The predicted octanol–water partition coefficient (Wildman–Crippen LogP) is 5.27. The number of rotatable bonds is 7. The zero-order chi connectivity index (χ0) is 27.7. The van der Waals surface area contributed by atoms with Crippen molar-refractivity contribution in [1.29, 1.82) is 0 Å². The molecular formula is C28H34ClF2N3O5. The SMILES string of the molecule is CC(CCN1CCC(C(=O)O)(c2ccccc2)CC1)NC(=O)N1C(=O)OC(C)(C)C1c1ccc(F)c(F)c1.Cl. The number of carbonyl (C=O) groups excluding carboxylic acids is 2. The number of cyclic esters (lactones) is 1. The van der Waals surface area contributed by atoms with Crippen molar-refractivity contribution < 1.29 is 33.0 Å². The van der Waals surface area contributed by atoms with Crippen molar-refractivity contribution in [2.24, 2.45) is 0 Å². The Labute approximate surface area is 232 Å². The molecule has 0 saturated carbocycles. The Morgan fingerprint density at radius 2 is 1.74 bits per heavy atom. The van der Waals surface area contributed by atoms with E-state index in [2.05, 4.69) is 10.2 Å². The van der Waals surface area contributed by atoms with Gasteiger partial charge in [-0.3, -0.25) is 4.79 Å². The molecule has 2 fully saturated rings. The van der Waals surface area contributed by atoms with Crippen molar-refractivity contribution in [3.8, 4) is 0 Å². The van der Waals surface area contributed by atoms with Gasteiger partial charge < -0.3 is 20.1 Å². The third-order valence-electron chi connectivity index (χ3n) is 7.64. The number of carboxylic acid groups (broad SMARTS) is 1. The number of aliphatic carboxylic acids is 1. The number of ether oxygens (including phenoxy) is 1. The fourth-order valence-corrected chi connectivity index (χ4v) is 5.45. The molecule has 39 heavy (non-hydrogen) atoms. The normalized spacial score (nSPS) is 21.0. The summed E-state index contributed by atoms with van der Waals surface area (Å²) in [4.78, 5) is 41.0. The van der Waals surface area contributed by atoms with Crippen LogP contribution in [0.1, 0.15) is 57.2 Å². The maximum absolute atomic E-state index is 13.9. The number of carbonyl (C=O) groups is 3. The molecule has 3 amide bonds. The molecule has 11 heteroatoms. The van der Waals surface area contributed by atoms with Crippen LogP contribution in [0.2, 0.25) is 0 Å². The van der Waals surface area contributed by atoms with E-state index in [0.29, 0.717) is 38.9 Å². The molecule has 2 atom stereocenters.